The number of aryl methyl sites for hydroxylation is 3. The van der Waals surface area contributed by atoms with Crippen LogP contribution in [0, 0.1) is 26.6 Å². The van der Waals surface area contributed by atoms with Crippen LogP contribution in [0.3, 0.4) is 0 Å². The van der Waals surface area contributed by atoms with Gasteiger partial charge in [-0.25, -0.2) is 18.2 Å². The molecular weight excluding hydrogens is 369 g/mol. The maximum Gasteiger partial charge on any atom is 0.255 e. The number of sulfonamides is 1. The lowest BCUT2D eigenvalue weighted by atomic mass is 10.1. The van der Waals surface area contributed by atoms with Crippen molar-refractivity contribution in [2.75, 3.05) is 13.6 Å². The molecule has 0 radical (unpaired) electrons. The molecule has 0 aromatic heterocycles. The molecule has 0 aliphatic rings. The van der Waals surface area contributed by atoms with Gasteiger partial charge in [-0.3, -0.25) is 4.79 Å². The number of carbonyl (C=O) groups excluding carboxylic acids is 1. The lowest BCUT2D eigenvalue weighted by Gasteiger charge is -2.19. The molecule has 0 heterocycles. The molecule has 1 amide bonds. The summed E-state index contributed by atoms with van der Waals surface area (Å²) in [5, 5.41) is 3.67. The minimum absolute atomic E-state index is 0.193. The third-order valence-electron chi connectivity index (χ3n) is 3.94. The first kappa shape index (κ1) is 20.7. The highest BCUT2D eigenvalue weighted by atomic mass is 32.2. The van der Waals surface area contributed by atoms with Crippen molar-refractivity contribution in [2.24, 2.45) is 5.10 Å². The lowest BCUT2D eigenvalue weighted by molar-refractivity contribution is -0.121. The van der Waals surface area contributed by atoms with Gasteiger partial charge in [0.2, 0.25) is 10.0 Å². The van der Waals surface area contributed by atoms with E-state index < -0.39 is 28.3 Å². The van der Waals surface area contributed by atoms with Crippen LogP contribution < -0.4 is 5.43 Å². The number of benzene rings is 2. The van der Waals surface area contributed by atoms with Crippen LogP contribution in [0.4, 0.5) is 4.39 Å². The third kappa shape index (κ3) is 4.99. The van der Waals surface area contributed by atoms with Crippen LogP contribution in [-0.2, 0) is 14.8 Å². The molecule has 0 fully saturated rings. The average Bonchev–Trinajstić information content (AvgIpc) is 2.55. The molecule has 0 aliphatic heterocycles. The molecule has 2 rings (SSSR count). The van der Waals surface area contributed by atoms with E-state index in [1.807, 2.05) is 6.92 Å². The largest absolute Gasteiger partial charge is 0.272 e. The standard InChI is InChI=1S/C19H22FN3O3S/c1-13-9-14(2)19(15(3)10-13)27(25,26)23(4)12-18(24)22-21-11-16-7-5-6-8-17(16)20/h5-11H,12H2,1-4H3,(H,22,24)/b21-11-. The van der Waals surface area contributed by atoms with Gasteiger partial charge in [0.25, 0.3) is 5.91 Å². The number of hydrazone groups is 1. The first-order chi connectivity index (χ1) is 12.6. The molecule has 144 valence electrons. The van der Waals surface area contributed by atoms with E-state index in [-0.39, 0.29) is 10.5 Å². The first-order valence-corrected chi connectivity index (χ1v) is 9.67. The van der Waals surface area contributed by atoms with Crippen LogP contribution in [0.5, 0.6) is 0 Å². The quantitative estimate of drug-likeness (QED) is 0.607. The minimum Gasteiger partial charge on any atom is -0.272 e. The molecule has 1 N–H and O–H groups in total. The Morgan fingerprint density at radius 1 is 1.19 bits per heavy atom. The minimum atomic E-state index is -3.84. The molecule has 0 saturated carbocycles. The van der Waals surface area contributed by atoms with Crippen molar-refractivity contribution in [2.45, 2.75) is 25.7 Å². The highest BCUT2D eigenvalue weighted by molar-refractivity contribution is 7.89. The molecule has 6 nitrogen and oxygen atoms in total. The van der Waals surface area contributed by atoms with E-state index in [2.05, 4.69) is 10.5 Å². The second-order valence-corrected chi connectivity index (χ2v) is 8.29. The highest BCUT2D eigenvalue weighted by Gasteiger charge is 2.26. The molecule has 0 unspecified atom stereocenters. The normalized spacial score (nSPS) is 11.9. The molecule has 0 spiro atoms. The monoisotopic (exact) mass is 391 g/mol. The van der Waals surface area contributed by atoms with Crippen LogP contribution in [0.25, 0.3) is 0 Å². The van der Waals surface area contributed by atoms with Crippen molar-refractivity contribution in [3.8, 4) is 0 Å². The second kappa shape index (κ2) is 8.41. The molecule has 0 aliphatic carbocycles. The van der Waals surface area contributed by atoms with Crippen LogP contribution in [-0.4, -0.2) is 38.4 Å². The lowest BCUT2D eigenvalue weighted by Crippen LogP contribution is -2.37. The maximum absolute atomic E-state index is 13.5. The molecule has 0 atom stereocenters. The average molecular weight is 391 g/mol. The number of nitrogens with one attached hydrogen (secondary N) is 1. The summed E-state index contributed by atoms with van der Waals surface area (Å²) >= 11 is 0. The third-order valence-corrected chi connectivity index (χ3v) is 6.05. The van der Waals surface area contributed by atoms with E-state index in [9.17, 15) is 17.6 Å². The van der Waals surface area contributed by atoms with Crippen molar-refractivity contribution in [3.05, 3.63) is 64.5 Å². The zero-order valence-corrected chi connectivity index (χ0v) is 16.5. The number of amides is 1. The van der Waals surface area contributed by atoms with Crippen LogP contribution in [0.15, 0.2) is 46.4 Å². The summed E-state index contributed by atoms with van der Waals surface area (Å²) < 4.78 is 40.1. The Labute approximate surface area is 158 Å². The molecule has 27 heavy (non-hydrogen) atoms. The van der Waals surface area contributed by atoms with Crippen molar-refractivity contribution in [1.82, 2.24) is 9.73 Å². The summed E-state index contributed by atoms with van der Waals surface area (Å²) in [5.41, 5.74) is 4.63. The van der Waals surface area contributed by atoms with Crippen LogP contribution >= 0.6 is 0 Å². The number of likely N-dealkylation sites (N-methyl/N-ethyl adjacent to an activating group) is 1. The van der Waals surface area contributed by atoms with E-state index in [0.717, 1.165) is 16.1 Å². The molecule has 2 aromatic rings. The fourth-order valence-corrected chi connectivity index (χ4v) is 4.34. The Hall–Kier alpha value is -2.58. The molecule has 0 saturated heterocycles. The predicted octanol–water partition coefficient (Wildman–Crippen LogP) is 2.52. The second-order valence-electron chi connectivity index (χ2n) is 6.30. The molecule has 0 bridgehead atoms. The van der Waals surface area contributed by atoms with E-state index in [0.29, 0.717) is 11.1 Å². The number of rotatable bonds is 6. The van der Waals surface area contributed by atoms with Crippen molar-refractivity contribution in [1.29, 1.82) is 0 Å². The fraction of sp³-hybridized carbons (Fsp3) is 0.263. The summed E-state index contributed by atoms with van der Waals surface area (Å²) in [5.74, 6) is -1.10. The van der Waals surface area contributed by atoms with E-state index in [1.165, 1.54) is 19.2 Å². The zero-order valence-electron chi connectivity index (χ0n) is 15.7. The van der Waals surface area contributed by atoms with Gasteiger partial charge < -0.3 is 0 Å². The Morgan fingerprint density at radius 2 is 1.78 bits per heavy atom. The summed E-state index contributed by atoms with van der Waals surface area (Å²) in [7, 11) is -2.51. The van der Waals surface area contributed by atoms with Gasteiger partial charge in [0.15, 0.2) is 0 Å². The Morgan fingerprint density at radius 3 is 2.37 bits per heavy atom. The Kier molecular flexibility index (Phi) is 6.45. The smallest absolute Gasteiger partial charge is 0.255 e. The maximum atomic E-state index is 13.5. The van der Waals surface area contributed by atoms with Crippen LogP contribution in [0.1, 0.15) is 22.3 Å². The highest BCUT2D eigenvalue weighted by Crippen LogP contribution is 2.24. The predicted molar refractivity (Wildman–Crippen MR) is 103 cm³/mol. The van der Waals surface area contributed by atoms with Gasteiger partial charge in [0, 0.05) is 12.6 Å². The Balaban J connectivity index is 2.09. The van der Waals surface area contributed by atoms with Gasteiger partial charge in [-0.05, 0) is 38.0 Å². The zero-order chi connectivity index (χ0) is 20.2. The summed E-state index contributed by atoms with van der Waals surface area (Å²) in [4.78, 5) is 12.2. The topological polar surface area (TPSA) is 78.8 Å². The van der Waals surface area contributed by atoms with Crippen molar-refractivity contribution >= 4 is 22.1 Å². The first-order valence-electron chi connectivity index (χ1n) is 8.23. The van der Waals surface area contributed by atoms with Crippen LogP contribution in [0.2, 0.25) is 0 Å². The van der Waals surface area contributed by atoms with Crippen molar-refractivity contribution < 1.29 is 17.6 Å². The summed E-state index contributed by atoms with van der Waals surface area (Å²) in [6.07, 6.45) is 1.16. The van der Waals surface area contributed by atoms with Gasteiger partial charge in [-0.1, -0.05) is 35.9 Å². The molecule has 2 aromatic carbocycles. The van der Waals surface area contributed by atoms with E-state index in [4.69, 9.17) is 0 Å². The number of halogens is 1. The summed E-state index contributed by atoms with van der Waals surface area (Å²) in [6, 6.07) is 9.53. The van der Waals surface area contributed by atoms with Gasteiger partial charge in [-0.15, -0.1) is 0 Å². The number of carbonyl (C=O) groups is 1. The van der Waals surface area contributed by atoms with Gasteiger partial charge >= 0.3 is 0 Å². The van der Waals surface area contributed by atoms with Crippen molar-refractivity contribution in [3.63, 3.8) is 0 Å². The number of hydrogen-bond donors (Lipinski definition) is 1. The number of nitrogens with zero attached hydrogens (tertiary/aromatic N) is 2. The van der Waals surface area contributed by atoms with Gasteiger partial charge in [0.1, 0.15) is 5.82 Å². The number of hydrogen-bond acceptors (Lipinski definition) is 4. The van der Waals surface area contributed by atoms with E-state index in [1.54, 1.807) is 38.1 Å². The van der Waals surface area contributed by atoms with E-state index >= 15 is 0 Å². The van der Waals surface area contributed by atoms with Gasteiger partial charge in [-0.2, -0.15) is 9.41 Å². The molecule has 8 heteroatoms. The fourth-order valence-electron chi connectivity index (χ4n) is 2.81. The van der Waals surface area contributed by atoms with Gasteiger partial charge in [0.05, 0.1) is 17.7 Å². The Bertz CT molecular complexity index is 964. The summed E-state index contributed by atoms with van der Waals surface area (Å²) in [6.45, 7) is 4.92. The SMILES string of the molecule is Cc1cc(C)c(S(=O)(=O)N(C)CC(=O)N/N=C\c2ccccc2F)c(C)c1. The molecular formula is C19H22FN3O3S.